The molecule has 0 aromatic carbocycles. The molecule has 0 aromatic heterocycles. The lowest BCUT2D eigenvalue weighted by Crippen LogP contribution is -2.69. The Kier molecular flexibility index (Phi) is 10.1. The van der Waals surface area contributed by atoms with Crippen LogP contribution in [-0.4, -0.2) is 85.7 Å². The minimum absolute atomic E-state index is 0.134. The van der Waals surface area contributed by atoms with Gasteiger partial charge in [-0.3, -0.25) is 14.5 Å². The minimum atomic E-state index is -2.92. The largest absolute Gasteiger partial charge is 0.481 e. The van der Waals surface area contributed by atoms with Crippen LogP contribution in [0.25, 0.3) is 0 Å². The quantitative estimate of drug-likeness (QED) is 0.194. The molecule has 0 aromatic rings. The molecule has 10 heteroatoms. The van der Waals surface area contributed by atoms with Gasteiger partial charge in [0.15, 0.2) is 9.84 Å². The number of aliphatic carboxylic acids is 1. The van der Waals surface area contributed by atoms with Gasteiger partial charge in [-0.15, -0.1) is 0 Å². The highest BCUT2D eigenvalue weighted by Crippen LogP contribution is 2.78. The van der Waals surface area contributed by atoms with E-state index in [0.717, 1.165) is 31.7 Å². The average molecular weight is 800 g/mol. The zero-order valence-electron chi connectivity index (χ0n) is 36.3. The van der Waals surface area contributed by atoms with Crippen LogP contribution in [0.4, 0.5) is 0 Å². The zero-order valence-corrected chi connectivity index (χ0v) is 37.1. The van der Waals surface area contributed by atoms with E-state index in [1.807, 2.05) is 13.8 Å². The van der Waals surface area contributed by atoms with Gasteiger partial charge in [-0.1, -0.05) is 55.4 Å². The molecule has 8 fully saturated rings. The summed E-state index contributed by atoms with van der Waals surface area (Å²) in [6.45, 7) is 22.0. The second-order valence-electron chi connectivity index (χ2n) is 23.2. The standard InChI is InChI=1S/C46H77N3O6S/c1-40(2)32(38(50)51)27-33(40)39(52)55-36-13-15-43(6)34(41(36,3)4)12-16-45(8)35(43)10-9-31-37-30(42(5)18-19-42)11-17-46(37,21-20-44(31,45)7)48-22-14-29(28-47)49-23-25-56(53,54)26-24-49/h29-37,48H,9-28,47H2,1-8H3,(H,50,51)/t29?,30-,31-,32+,33-,34+,35-,36+,37-,43+,44-,45-,46+/m1/s1. The van der Waals surface area contributed by atoms with Crippen LogP contribution in [0.15, 0.2) is 0 Å². The summed E-state index contributed by atoms with van der Waals surface area (Å²) in [5.41, 5.74) is 7.01. The summed E-state index contributed by atoms with van der Waals surface area (Å²) in [5, 5.41) is 14.0. The Balaban J connectivity index is 0.993. The molecule has 0 spiro atoms. The van der Waals surface area contributed by atoms with E-state index in [2.05, 4.69) is 51.8 Å². The van der Waals surface area contributed by atoms with Gasteiger partial charge in [0, 0.05) is 36.6 Å². The lowest BCUT2D eigenvalue weighted by Gasteiger charge is -2.73. The van der Waals surface area contributed by atoms with Crippen LogP contribution in [0.5, 0.6) is 0 Å². The number of carbonyl (C=O) groups is 2. The highest BCUT2D eigenvalue weighted by molar-refractivity contribution is 7.91. The van der Waals surface area contributed by atoms with E-state index >= 15 is 0 Å². The maximum Gasteiger partial charge on any atom is 0.309 e. The number of carboxylic acid groups (broad SMARTS) is 1. The fourth-order valence-corrected chi connectivity index (χ4v) is 17.7. The summed E-state index contributed by atoms with van der Waals surface area (Å²) in [5.74, 6) is 1.98. The van der Waals surface area contributed by atoms with E-state index in [4.69, 9.17) is 10.5 Å². The molecule has 318 valence electrons. The third-order valence-electron chi connectivity index (χ3n) is 20.5. The summed E-state index contributed by atoms with van der Waals surface area (Å²) in [6, 6.07) is 0.224. The lowest BCUT2D eigenvalue weighted by atomic mass is 9.32. The number of rotatable bonds is 10. The number of esters is 1. The second-order valence-corrected chi connectivity index (χ2v) is 25.5. The van der Waals surface area contributed by atoms with Crippen LogP contribution in [0.2, 0.25) is 0 Å². The Bertz CT molecular complexity index is 1660. The van der Waals surface area contributed by atoms with Crippen molar-refractivity contribution >= 4 is 21.8 Å². The van der Waals surface area contributed by atoms with Crippen molar-refractivity contribution in [2.24, 2.45) is 79.6 Å². The van der Waals surface area contributed by atoms with Crippen LogP contribution in [-0.2, 0) is 24.2 Å². The Morgan fingerprint density at radius 3 is 2.11 bits per heavy atom. The highest BCUT2D eigenvalue weighted by Gasteiger charge is 2.72. The molecule has 1 saturated heterocycles. The molecule has 7 aliphatic carbocycles. The maximum absolute atomic E-state index is 13.7. The van der Waals surface area contributed by atoms with Crippen molar-refractivity contribution < 1.29 is 27.9 Å². The fourth-order valence-electron chi connectivity index (χ4n) is 16.4. The second kappa shape index (κ2) is 13.6. The monoisotopic (exact) mass is 800 g/mol. The van der Waals surface area contributed by atoms with Gasteiger partial charge < -0.3 is 20.9 Å². The van der Waals surface area contributed by atoms with Crippen molar-refractivity contribution in [2.45, 2.75) is 163 Å². The summed E-state index contributed by atoms with van der Waals surface area (Å²) >= 11 is 0. The molecule has 1 unspecified atom stereocenters. The van der Waals surface area contributed by atoms with Gasteiger partial charge in [-0.25, -0.2) is 8.42 Å². The fraction of sp³-hybridized carbons (Fsp3) is 0.957. The summed E-state index contributed by atoms with van der Waals surface area (Å²) < 4.78 is 30.8. The van der Waals surface area contributed by atoms with Crippen molar-refractivity contribution in [2.75, 3.05) is 37.7 Å². The molecule has 9 nitrogen and oxygen atoms in total. The van der Waals surface area contributed by atoms with Gasteiger partial charge in [0.25, 0.3) is 0 Å². The number of hydrogen-bond acceptors (Lipinski definition) is 8. The zero-order chi connectivity index (χ0) is 40.5. The molecular formula is C46H77N3O6S. The van der Waals surface area contributed by atoms with E-state index in [-0.39, 0.29) is 62.7 Å². The number of nitrogens with two attached hydrogens (primary N) is 1. The smallest absolute Gasteiger partial charge is 0.309 e. The Hall–Kier alpha value is -1.23. The molecule has 56 heavy (non-hydrogen) atoms. The first-order chi connectivity index (χ1) is 26.1. The third kappa shape index (κ3) is 6.14. The number of carbonyl (C=O) groups excluding carboxylic acids is 1. The predicted octanol–water partition coefficient (Wildman–Crippen LogP) is 7.32. The minimum Gasteiger partial charge on any atom is -0.481 e. The van der Waals surface area contributed by atoms with Crippen molar-refractivity contribution in [1.82, 2.24) is 10.2 Å². The number of nitrogens with zero attached hydrogens (tertiary/aromatic N) is 1. The van der Waals surface area contributed by atoms with Crippen LogP contribution in [0.1, 0.15) is 145 Å². The molecule has 0 amide bonds. The molecule has 4 N–H and O–H groups in total. The SMILES string of the molecule is CC1([C@@H]2CC[C@]3(NCCC(CN)N4CCS(=O)(=O)CC4)CC[C@]4(C)[C@H](CC[C@@H]5[C@@]6(C)CC[C@H](OC(=O)[C@H]7C[C@@H](C(=O)O)C7(C)C)C(C)(C)[C@@H]6CC[C@]54C)[C@@H]23)CC1. The van der Waals surface area contributed by atoms with Gasteiger partial charge in [-0.2, -0.15) is 0 Å². The molecule has 8 rings (SSSR count). The van der Waals surface area contributed by atoms with E-state index in [1.165, 1.54) is 64.2 Å². The average Bonchev–Trinajstić information content (AvgIpc) is 3.74. The number of ether oxygens (including phenoxy) is 1. The molecule has 13 atom stereocenters. The summed E-state index contributed by atoms with van der Waals surface area (Å²) in [7, 11) is -2.92. The van der Waals surface area contributed by atoms with Crippen LogP contribution in [0.3, 0.4) is 0 Å². The van der Waals surface area contributed by atoms with Gasteiger partial charge in [0.1, 0.15) is 6.10 Å². The first-order valence-corrected chi connectivity index (χ1v) is 24.7. The van der Waals surface area contributed by atoms with E-state index < -0.39 is 27.1 Å². The first-order valence-electron chi connectivity index (χ1n) is 22.9. The number of fused-ring (bicyclic) bond motifs is 7. The van der Waals surface area contributed by atoms with E-state index in [1.54, 1.807) is 0 Å². The molecule has 7 saturated carbocycles. The highest BCUT2D eigenvalue weighted by atomic mass is 32.2. The van der Waals surface area contributed by atoms with Gasteiger partial charge in [0.05, 0.1) is 23.3 Å². The van der Waals surface area contributed by atoms with Crippen LogP contribution < -0.4 is 11.1 Å². The van der Waals surface area contributed by atoms with Crippen molar-refractivity contribution in [3.63, 3.8) is 0 Å². The Morgan fingerprint density at radius 1 is 0.786 bits per heavy atom. The number of sulfone groups is 1. The number of hydrogen-bond donors (Lipinski definition) is 3. The number of carboxylic acids is 1. The van der Waals surface area contributed by atoms with Crippen molar-refractivity contribution in [3.8, 4) is 0 Å². The van der Waals surface area contributed by atoms with Crippen LogP contribution in [0, 0.1) is 73.9 Å². The van der Waals surface area contributed by atoms with Crippen molar-refractivity contribution in [1.29, 1.82) is 0 Å². The normalized spacial score (nSPS) is 47.5. The van der Waals surface area contributed by atoms with Crippen molar-refractivity contribution in [3.05, 3.63) is 0 Å². The molecule has 8 aliphatic rings. The third-order valence-corrected chi connectivity index (χ3v) is 22.1. The van der Waals surface area contributed by atoms with E-state index in [9.17, 15) is 23.1 Å². The first kappa shape index (κ1) is 41.5. The topological polar surface area (TPSA) is 139 Å². The molecule has 1 aliphatic heterocycles. The molecular weight excluding hydrogens is 723 g/mol. The molecule has 0 radical (unpaired) electrons. The summed E-state index contributed by atoms with van der Waals surface area (Å²) in [6.07, 6.45) is 16.1. The Labute approximate surface area is 339 Å². The Morgan fingerprint density at radius 2 is 1.48 bits per heavy atom. The lowest BCUT2D eigenvalue weighted by molar-refractivity contribution is -0.249. The van der Waals surface area contributed by atoms with Gasteiger partial charge >= 0.3 is 11.9 Å². The summed E-state index contributed by atoms with van der Waals surface area (Å²) in [4.78, 5) is 27.8. The molecule has 1 heterocycles. The van der Waals surface area contributed by atoms with Crippen LogP contribution >= 0.6 is 0 Å². The maximum atomic E-state index is 13.7. The van der Waals surface area contributed by atoms with Gasteiger partial charge in [-0.05, 0) is 153 Å². The predicted molar refractivity (Wildman–Crippen MR) is 220 cm³/mol. The molecule has 0 bridgehead atoms. The van der Waals surface area contributed by atoms with Gasteiger partial charge in [0.2, 0.25) is 0 Å². The number of nitrogens with one attached hydrogen (secondary N) is 1. The van der Waals surface area contributed by atoms with E-state index in [0.29, 0.717) is 55.1 Å².